The van der Waals surface area contributed by atoms with Crippen molar-refractivity contribution in [1.82, 2.24) is 0 Å². The van der Waals surface area contributed by atoms with Gasteiger partial charge in [0, 0.05) is 0 Å². The number of benzene rings is 3. The molecule has 1 aliphatic heterocycles. The summed E-state index contributed by atoms with van der Waals surface area (Å²) in [6.07, 6.45) is 0.150. The molecule has 0 atom stereocenters. The van der Waals surface area contributed by atoms with Crippen LogP contribution in [0.2, 0.25) is 0 Å². The second kappa shape index (κ2) is 3.90. The molecule has 0 amide bonds. The van der Waals surface area contributed by atoms with Crippen molar-refractivity contribution in [1.29, 1.82) is 0 Å². The van der Waals surface area contributed by atoms with E-state index in [1.807, 2.05) is 42.5 Å². The topological polar surface area (TPSA) is 43.4 Å². The maximum Gasteiger partial charge on any atom is 0.346 e. The second-order valence-electron chi connectivity index (χ2n) is 4.91. The Kier molecular flexibility index (Phi) is 2.18. The normalized spacial score (nSPS) is 14.4. The van der Waals surface area contributed by atoms with Crippen molar-refractivity contribution in [3.63, 3.8) is 0 Å². The maximum atomic E-state index is 11.8. The maximum absolute atomic E-state index is 11.8. The number of hydrogen-bond donors (Lipinski definition) is 0. The highest BCUT2D eigenvalue weighted by molar-refractivity contribution is 6.13. The van der Waals surface area contributed by atoms with Gasteiger partial charge < -0.3 is 4.74 Å². The minimum Gasteiger partial charge on any atom is -0.389 e. The Morgan fingerprint density at radius 3 is 2.50 bits per heavy atom. The number of carbonyl (C=O) groups excluding carboxylic acids is 2. The Hall–Kier alpha value is -2.68. The molecule has 0 bridgehead atoms. The molecule has 0 unspecified atom stereocenters. The summed E-state index contributed by atoms with van der Waals surface area (Å²) in [5.41, 5.74) is 1.27. The zero-order chi connectivity index (χ0) is 13.7. The van der Waals surface area contributed by atoms with E-state index in [0.717, 1.165) is 27.1 Å². The molecule has 96 valence electrons. The van der Waals surface area contributed by atoms with Crippen LogP contribution < -0.4 is 0 Å². The van der Waals surface area contributed by atoms with Gasteiger partial charge in [-0.1, -0.05) is 42.5 Å². The van der Waals surface area contributed by atoms with Gasteiger partial charge in [-0.2, -0.15) is 0 Å². The molecule has 0 spiro atoms. The standard InChI is InChI=1S/C17H10O3/c18-16-9-15-13-6-5-10-3-1-2-4-11(10)12(13)7-8-14(15)17(19)20-16/h1-8H,9H2. The molecule has 3 aromatic rings. The van der Waals surface area contributed by atoms with E-state index < -0.39 is 11.9 Å². The van der Waals surface area contributed by atoms with Gasteiger partial charge in [0.2, 0.25) is 0 Å². The van der Waals surface area contributed by atoms with Crippen molar-refractivity contribution in [3.8, 4) is 0 Å². The lowest BCUT2D eigenvalue weighted by Crippen LogP contribution is -2.23. The Morgan fingerprint density at radius 1 is 0.800 bits per heavy atom. The first-order valence-corrected chi connectivity index (χ1v) is 6.42. The second-order valence-corrected chi connectivity index (χ2v) is 4.91. The minimum atomic E-state index is -0.550. The summed E-state index contributed by atoms with van der Waals surface area (Å²) in [4.78, 5) is 23.3. The Balaban J connectivity index is 2.15. The van der Waals surface area contributed by atoms with Gasteiger partial charge in [-0.05, 0) is 33.2 Å². The smallest absolute Gasteiger partial charge is 0.346 e. The zero-order valence-electron chi connectivity index (χ0n) is 10.6. The summed E-state index contributed by atoms with van der Waals surface area (Å²) >= 11 is 0. The fourth-order valence-electron chi connectivity index (χ4n) is 2.87. The molecule has 0 saturated heterocycles. The molecular formula is C17H10O3. The summed E-state index contributed by atoms with van der Waals surface area (Å²) < 4.78 is 4.67. The van der Waals surface area contributed by atoms with Gasteiger partial charge in [-0.15, -0.1) is 0 Å². The lowest BCUT2D eigenvalue weighted by Gasteiger charge is -2.17. The molecule has 0 radical (unpaired) electrons. The highest BCUT2D eigenvalue weighted by Crippen LogP contribution is 2.31. The van der Waals surface area contributed by atoms with E-state index in [4.69, 9.17) is 0 Å². The van der Waals surface area contributed by atoms with Crippen LogP contribution in [0.15, 0.2) is 48.5 Å². The summed E-state index contributed by atoms with van der Waals surface area (Å²) in [6.45, 7) is 0. The number of fused-ring (bicyclic) bond motifs is 5. The average Bonchev–Trinajstić information content (AvgIpc) is 2.46. The van der Waals surface area contributed by atoms with E-state index in [0.29, 0.717) is 5.56 Å². The lowest BCUT2D eigenvalue weighted by molar-refractivity contribution is -0.137. The lowest BCUT2D eigenvalue weighted by atomic mass is 9.92. The van der Waals surface area contributed by atoms with Crippen molar-refractivity contribution in [3.05, 3.63) is 59.7 Å². The minimum absolute atomic E-state index is 0.150. The van der Waals surface area contributed by atoms with Gasteiger partial charge in [0.15, 0.2) is 0 Å². The van der Waals surface area contributed by atoms with Gasteiger partial charge >= 0.3 is 11.9 Å². The molecule has 0 fully saturated rings. The number of ether oxygens (including phenoxy) is 1. The Labute approximate surface area is 114 Å². The predicted octanol–water partition coefficient (Wildman–Crippen LogP) is 3.23. The van der Waals surface area contributed by atoms with Crippen LogP contribution in [0.3, 0.4) is 0 Å². The van der Waals surface area contributed by atoms with Crippen molar-refractivity contribution in [2.24, 2.45) is 0 Å². The summed E-state index contributed by atoms with van der Waals surface area (Å²) in [7, 11) is 0. The van der Waals surface area contributed by atoms with Crippen LogP contribution >= 0.6 is 0 Å². The van der Waals surface area contributed by atoms with Gasteiger partial charge in [-0.3, -0.25) is 4.79 Å². The first-order valence-electron chi connectivity index (χ1n) is 6.42. The Morgan fingerprint density at radius 2 is 1.60 bits per heavy atom. The fourth-order valence-corrected chi connectivity index (χ4v) is 2.87. The first kappa shape index (κ1) is 11.2. The largest absolute Gasteiger partial charge is 0.389 e. The van der Waals surface area contributed by atoms with Crippen LogP contribution in [0, 0.1) is 0 Å². The third kappa shape index (κ3) is 1.46. The van der Waals surface area contributed by atoms with Gasteiger partial charge in [0.25, 0.3) is 0 Å². The van der Waals surface area contributed by atoms with Crippen LogP contribution in [0.4, 0.5) is 0 Å². The number of carbonyl (C=O) groups is 2. The molecule has 4 rings (SSSR count). The molecule has 3 aromatic carbocycles. The zero-order valence-corrected chi connectivity index (χ0v) is 10.6. The average molecular weight is 262 g/mol. The number of rotatable bonds is 0. The highest BCUT2D eigenvalue weighted by atomic mass is 16.6. The molecule has 20 heavy (non-hydrogen) atoms. The monoisotopic (exact) mass is 262 g/mol. The third-order valence-corrected chi connectivity index (χ3v) is 3.79. The van der Waals surface area contributed by atoms with Crippen LogP contribution in [0.1, 0.15) is 15.9 Å². The van der Waals surface area contributed by atoms with Gasteiger partial charge in [0.05, 0.1) is 12.0 Å². The van der Waals surface area contributed by atoms with Crippen molar-refractivity contribution >= 4 is 33.5 Å². The van der Waals surface area contributed by atoms with Crippen molar-refractivity contribution < 1.29 is 14.3 Å². The molecule has 0 aromatic heterocycles. The molecule has 3 heteroatoms. The molecular weight excluding hydrogens is 252 g/mol. The summed E-state index contributed by atoms with van der Waals surface area (Å²) in [5, 5.41) is 4.28. The van der Waals surface area contributed by atoms with Crippen molar-refractivity contribution in [2.45, 2.75) is 6.42 Å². The van der Waals surface area contributed by atoms with E-state index in [-0.39, 0.29) is 6.42 Å². The van der Waals surface area contributed by atoms with E-state index in [1.54, 1.807) is 6.07 Å². The number of hydrogen-bond acceptors (Lipinski definition) is 3. The highest BCUT2D eigenvalue weighted by Gasteiger charge is 2.26. The van der Waals surface area contributed by atoms with Crippen molar-refractivity contribution in [2.75, 3.05) is 0 Å². The van der Waals surface area contributed by atoms with E-state index in [9.17, 15) is 9.59 Å². The molecule has 0 N–H and O–H groups in total. The van der Waals surface area contributed by atoms with E-state index >= 15 is 0 Å². The quantitative estimate of drug-likeness (QED) is 0.355. The summed E-state index contributed by atoms with van der Waals surface area (Å²) in [5.74, 6) is -1.03. The van der Waals surface area contributed by atoms with Gasteiger partial charge in [-0.25, -0.2) is 4.79 Å². The van der Waals surface area contributed by atoms with E-state index in [1.165, 1.54) is 0 Å². The first-order chi connectivity index (χ1) is 9.74. The van der Waals surface area contributed by atoms with Gasteiger partial charge in [0.1, 0.15) is 0 Å². The van der Waals surface area contributed by atoms with Crippen LogP contribution in [-0.2, 0) is 16.0 Å². The van der Waals surface area contributed by atoms with Crippen LogP contribution in [0.25, 0.3) is 21.5 Å². The fraction of sp³-hybridized carbons (Fsp3) is 0.0588. The SMILES string of the molecule is O=C1Cc2c(ccc3c2ccc2ccccc23)C(=O)O1. The number of cyclic esters (lactones) is 2. The molecule has 0 aliphatic carbocycles. The van der Waals surface area contributed by atoms with E-state index in [2.05, 4.69) is 4.74 Å². The predicted molar refractivity (Wildman–Crippen MR) is 75.6 cm³/mol. The molecule has 0 saturated carbocycles. The summed E-state index contributed by atoms with van der Waals surface area (Å²) in [6, 6.07) is 15.7. The third-order valence-electron chi connectivity index (χ3n) is 3.79. The number of esters is 2. The van der Waals surface area contributed by atoms with Crippen LogP contribution in [0.5, 0.6) is 0 Å². The Bertz CT molecular complexity index is 893. The molecule has 3 nitrogen and oxygen atoms in total. The van der Waals surface area contributed by atoms with Crippen LogP contribution in [-0.4, -0.2) is 11.9 Å². The molecule has 1 aliphatic rings. The molecule has 1 heterocycles.